The first-order valence-electron chi connectivity index (χ1n) is 6.62. The van der Waals surface area contributed by atoms with Crippen molar-refractivity contribution in [1.82, 2.24) is 10.6 Å². The van der Waals surface area contributed by atoms with Gasteiger partial charge in [0.2, 0.25) is 5.91 Å². The first kappa shape index (κ1) is 15.4. The zero-order valence-corrected chi connectivity index (χ0v) is 12.1. The summed E-state index contributed by atoms with van der Waals surface area (Å²) in [5.74, 6) is 0.435. The van der Waals surface area contributed by atoms with Gasteiger partial charge in [-0.1, -0.05) is 13.8 Å². The molecule has 6 heteroatoms. The number of hydrogen-bond acceptors (Lipinski definition) is 4. The lowest BCUT2D eigenvalue weighted by molar-refractivity contribution is -0.121. The highest BCUT2D eigenvalue weighted by Gasteiger charge is 2.24. The summed E-state index contributed by atoms with van der Waals surface area (Å²) in [6.45, 7) is 4.98. The molecule has 1 aliphatic rings. The minimum atomic E-state index is -2.84. The van der Waals surface area contributed by atoms with Crippen LogP contribution in [0.2, 0.25) is 0 Å². The summed E-state index contributed by atoms with van der Waals surface area (Å²) >= 11 is 0. The fraction of sp³-hybridized carbons (Fsp3) is 0.917. The average molecular weight is 276 g/mol. The summed E-state index contributed by atoms with van der Waals surface area (Å²) in [5, 5.41) is 6.17. The van der Waals surface area contributed by atoms with Crippen LogP contribution in [0.25, 0.3) is 0 Å². The molecule has 106 valence electrons. The fourth-order valence-corrected chi connectivity index (χ4v) is 3.47. The second kappa shape index (κ2) is 7.09. The summed E-state index contributed by atoms with van der Waals surface area (Å²) in [5.41, 5.74) is 0. The molecular formula is C12H24N2O3S. The van der Waals surface area contributed by atoms with E-state index >= 15 is 0 Å². The highest BCUT2D eigenvalue weighted by atomic mass is 32.2. The van der Waals surface area contributed by atoms with Crippen molar-refractivity contribution in [3.63, 3.8) is 0 Å². The van der Waals surface area contributed by atoms with Crippen LogP contribution in [0.4, 0.5) is 0 Å². The highest BCUT2D eigenvalue weighted by Crippen LogP contribution is 2.12. The number of carbonyl (C=O) groups is 1. The molecule has 1 amide bonds. The number of amides is 1. The fourth-order valence-electron chi connectivity index (χ4n) is 1.97. The van der Waals surface area contributed by atoms with Crippen molar-refractivity contribution in [3.8, 4) is 0 Å². The Morgan fingerprint density at radius 2 is 1.89 bits per heavy atom. The number of sulfone groups is 1. The van der Waals surface area contributed by atoms with Crippen molar-refractivity contribution >= 4 is 15.7 Å². The van der Waals surface area contributed by atoms with Crippen LogP contribution in [0.15, 0.2) is 0 Å². The molecular weight excluding hydrogens is 252 g/mol. The van der Waals surface area contributed by atoms with Crippen LogP contribution in [0.3, 0.4) is 0 Å². The van der Waals surface area contributed by atoms with E-state index in [1.165, 1.54) is 0 Å². The maximum Gasteiger partial charge on any atom is 0.220 e. The zero-order chi connectivity index (χ0) is 13.6. The normalized spacial score (nSPS) is 19.9. The van der Waals surface area contributed by atoms with Gasteiger partial charge in [0.05, 0.1) is 11.5 Å². The summed E-state index contributed by atoms with van der Waals surface area (Å²) in [4.78, 5) is 11.6. The van der Waals surface area contributed by atoms with Crippen LogP contribution in [0.5, 0.6) is 0 Å². The molecule has 1 heterocycles. The lowest BCUT2D eigenvalue weighted by Crippen LogP contribution is -2.41. The van der Waals surface area contributed by atoms with Gasteiger partial charge in [-0.3, -0.25) is 4.79 Å². The predicted molar refractivity (Wildman–Crippen MR) is 72.2 cm³/mol. The van der Waals surface area contributed by atoms with Crippen molar-refractivity contribution in [2.45, 2.75) is 51.6 Å². The van der Waals surface area contributed by atoms with E-state index in [1.807, 2.05) is 0 Å². The van der Waals surface area contributed by atoms with Crippen LogP contribution in [0.1, 0.15) is 39.5 Å². The molecule has 0 radical (unpaired) electrons. The number of rotatable bonds is 6. The lowest BCUT2D eigenvalue weighted by atomic mass is 10.1. The third-order valence-corrected chi connectivity index (χ3v) is 4.77. The Balaban J connectivity index is 2.13. The molecule has 0 bridgehead atoms. The van der Waals surface area contributed by atoms with Crippen LogP contribution >= 0.6 is 0 Å². The second-order valence-corrected chi connectivity index (χ2v) is 7.51. The Bertz CT molecular complexity index is 352. The molecule has 0 atom stereocenters. The number of nitrogens with one attached hydrogen (secondary N) is 2. The predicted octanol–water partition coefficient (Wildman–Crippen LogP) is 0.458. The largest absolute Gasteiger partial charge is 0.353 e. The minimum Gasteiger partial charge on any atom is -0.353 e. The maximum atomic E-state index is 11.6. The molecule has 0 saturated carbocycles. The maximum absolute atomic E-state index is 11.6. The molecule has 5 nitrogen and oxygen atoms in total. The van der Waals surface area contributed by atoms with Crippen LogP contribution < -0.4 is 10.6 Å². The summed E-state index contributed by atoms with van der Waals surface area (Å²) in [7, 11) is -2.84. The minimum absolute atomic E-state index is 0.0323. The van der Waals surface area contributed by atoms with Gasteiger partial charge in [-0.05, 0) is 25.8 Å². The first-order valence-corrected chi connectivity index (χ1v) is 8.44. The summed E-state index contributed by atoms with van der Waals surface area (Å²) in [6.07, 6.45) is 2.43. The molecule has 0 aromatic carbocycles. The van der Waals surface area contributed by atoms with Crippen LogP contribution in [0, 0.1) is 0 Å². The third kappa shape index (κ3) is 6.35. The average Bonchev–Trinajstić information content (AvgIpc) is 2.27. The number of hydrogen-bond donors (Lipinski definition) is 2. The van der Waals surface area contributed by atoms with Gasteiger partial charge in [0, 0.05) is 18.5 Å². The van der Waals surface area contributed by atoms with Gasteiger partial charge < -0.3 is 10.6 Å². The third-order valence-electron chi connectivity index (χ3n) is 3.05. The van der Waals surface area contributed by atoms with E-state index in [9.17, 15) is 13.2 Å². The van der Waals surface area contributed by atoms with E-state index in [0.29, 0.717) is 25.3 Å². The van der Waals surface area contributed by atoms with Crippen molar-refractivity contribution in [2.75, 3.05) is 18.1 Å². The Labute approximate surface area is 110 Å². The Kier molecular flexibility index (Phi) is 6.08. The van der Waals surface area contributed by atoms with E-state index in [1.54, 1.807) is 0 Å². The van der Waals surface area contributed by atoms with Gasteiger partial charge in [-0.2, -0.15) is 0 Å². The quantitative estimate of drug-likeness (QED) is 0.691. The van der Waals surface area contributed by atoms with Crippen molar-refractivity contribution in [2.24, 2.45) is 0 Å². The molecule has 18 heavy (non-hydrogen) atoms. The number of carbonyl (C=O) groups excluding carboxylic acids is 1. The van der Waals surface area contributed by atoms with Crippen molar-refractivity contribution in [1.29, 1.82) is 0 Å². The van der Waals surface area contributed by atoms with E-state index in [2.05, 4.69) is 24.5 Å². The lowest BCUT2D eigenvalue weighted by Gasteiger charge is -2.23. The molecule has 2 N–H and O–H groups in total. The van der Waals surface area contributed by atoms with Crippen LogP contribution in [-0.4, -0.2) is 44.5 Å². The molecule has 0 aromatic rings. The topological polar surface area (TPSA) is 75.3 Å². The first-order chi connectivity index (χ1) is 8.39. The highest BCUT2D eigenvalue weighted by molar-refractivity contribution is 7.91. The van der Waals surface area contributed by atoms with Crippen molar-refractivity contribution in [3.05, 3.63) is 0 Å². The molecule has 0 unspecified atom stereocenters. The smallest absolute Gasteiger partial charge is 0.220 e. The summed E-state index contributed by atoms with van der Waals surface area (Å²) < 4.78 is 22.5. The van der Waals surface area contributed by atoms with Crippen molar-refractivity contribution < 1.29 is 13.2 Å². The SMILES string of the molecule is CC(C)NCCCC(=O)NC1CCS(=O)(=O)CC1. The molecule has 0 spiro atoms. The van der Waals surface area contributed by atoms with E-state index in [0.717, 1.165) is 13.0 Å². The Morgan fingerprint density at radius 3 is 2.44 bits per heavy atom. The molecule has 1 fully saturated rings. The van der Waals surface area contributed by atoms with Gasteiger partial charge in [-0.15, -0.1) is 0 Å². The zero-order valence-electron chi connectivity index (χ0n) is 11.2. The van der Waals surface area contributed by atoms with Gasteiger partial charge in [0.25, 0.3) is 0 Å². The van der Waals surface area contributed by atoms with Gasteiger partial charge in [-0.25, -0.2) is 8.42 Å². The van der Waals surface area contributed by atoms with E-state index < -0.39 is 9.84 Å². The van der Waals surface area contributed by atoms with Gasteiger partial charge >= 0.3 is 0 Å². The molecule has 1 aliphatic heterocycles. The molecule has 0 aromatic heterocycles. The monoisotopic (exact) mass is 276 g/mol. The summed E-state index contributed by atoms with van der Waals surface area (Å²) in [6, 6.07) is 0.482. The molecule has 0 aliphatic carbocycles. The van der Waals surface area contributed by atoms with Crippen LogP contribution in [-0.2, 0) is 14.6 Å². The molecule has 1 saturated heterocycles. The second-order valence-electron chi connectivity index (χ2n) is 5.21. The Morgan fingerprint density at radius 1 is 1.28 bits per heavy atom. The Hall–Kier alpha value is -0.620. The molecule has 1 rings (SSSR count). The van der Waals surface area contributed by atoms with Gasteiger partial charge in [0.1, 0.15) is 9.84 Å². The van der Waals surface area contributed by atoms with E-state index in [-0.39, 0.29) is 23.5 Å². The standard InChI is InChI=1S/C12H24N2O3S/c1-10(2)13-7-3-4-12(15)14-11-5-8-18(16,17)9-6-11/h10-11,13H,3-9H2,1-2H3,(H,14,15). The van der Waals surface area contributed by atoms with Gasteiger partial charge in [0.15, 0.2) is 0 Å². The van der Waals surface area contributed by atoms with E-state index in [4.69, 9.17) is 0 Å².